The van der Waals surface area contributed by atoms with E-state index >= 15 is 0 Å². The van der Waals surface area contributed by atoms with E-state index in [1.807, 2.05) is 6.07 Å². The quantitative estimate of drug-likeness (QED) is 0.800. The minimum absolute atomic E-state index is 0.0231. The highest BCUT2D eigenvalue weighted by Gasteiger charge is 2.32. The van der Waals surface area contributed by atoms with Crippen molar-refractivity contribution >= 4 is 23.0 Å². The first kappa shape index (κ1) is 15.6. The van der Waals surface area contributed by atoms with Gasteiger partial charge >= 0.3 is 0 Å². The summed E-state index contributed by atoms with van der Waals surface area (Å²) >= 11 is 1.61. The summed E-state index contributed by atoms with van der Waals surface area (Å²) in [6, 6.07) is 5.15. The van der Waals surface area contributed by atoms with Gasteiger partial charge in [0, 0.05) is 17.8 Å². The summed E-state index contributed by atoms with van der Waals surface area (Å²) < 4.78 is 10.7. The zero-order valence-corrected chi connectivity index (χ0v) is 14.1. The normalized spacial score (nSPS) is 20.2. The Kier molecular flexibility index (Phi) is 4.24. The number of carbonyl (C=O) groups excluding carboxylic acids is 2. The molecule has 126 valence electrons. The standard InChI is InChI=1S/C18H19NO4S/c20-14(15-4-2-7-23-15)10-13-11-22-8-6-19(13)18(21)17-9-12-3-1-5-16(12)24-17/h2,4,7,9,13H,1,3,5-6,8,10-11H2. The molecule has 2 aromatic heterocycles. The van der Waals surface area contributed by atoms with Gasteiger partial charge in [0.15, 0.2) is 11.5 Å². The molecule has 1 saturated heterocycles. The predicted octanol–water partition coefficient (Wildman–Crippen LogP) is 2.94. The van der Waals surface area contributed by atoms with Gasteiger partial charge < -0.3 is 14.1 Å². The molecule has 5 nitrogen and oxygen atoms in total. The lowest BCUT2D eigenvalue weighted by Crippen LogP contribution is -2.49. The SMILES string of the molecule is O=C(CC1COCCN1C(=O)c1cc2c(s1)CCC2)c1ccco1. The van der Waals surface area contributed by atoms with E-state index in [0.29, 0.717) is 25.5 Å². The van der Waals surface area contributed by atoms with E-state index < -0.39 is 0 Å². The van der Waals surface area contributed by atoms with Crippen LogP contribution in [0.4, 0.5) is 0 Å². The van der Waals surface area contributed by atoms with Crippen molar-refractivity contribution in [2.24, 2.45) is 0 Å². The summed E-state index contributed by atoms with van der Waals surface area (Å²) in [4.78, 5) is 29.2. The van der Waals surface area contributed by atoms with Gasteiger partial charge in [-0.3, -0.25) is 9.59 Å². The second kappa shape index (κ2) is 6.53. The van der Waals surface area contributed by atoms with Crippen LogP contribution in [0, 0.1) is 0 Å². The molecule has 1 atom stereocenters. The number of ether oxygens (including phenoxy) is 1. The molecule has 4 rings (SSSR count). The Balaban J connectivity index is 1.50. The Bertz CT molecular complexity index is 728. The minimum Gasteiger partial charge on any atom is -0.461 e. The molecule has 1 amide bonds. The number of ketones is 1. The van der Waals surface area contributed by atoms with Crippen molar-refractivity contribution in [2.75, 3.05) is 19.8 Å². The van der Waals surface area contributed by atoms with Crippen molar-refractivity contribution < 1.29 is 18.7 Å². The van der Waals surface area contributed by atoms with Gasteiger partial charge in [0.25, 0.3) is 5.91 Å². The maximum Gasteiger partial charge on any atom is 0.264 e. The summed E-state index contributed by atoms with van der Waals surface area (Å²) in [7, 11) is 0. The van der Waals surface area contributed by atoms with Gasteiger partial charge in [-0.15, -0.1) is 11.3 Å². The molecule has 0 bridgehead atoms. The summed E-state index contributed by atoms with van der Waals surface area (Å²) in [6.07, 6.45) is 5.05. The highest BCUT2D eigenvalue weighted by Crippen LogP contribution is 2.32. The fraction of sp³-hybridized carbons (Fsp3) is 0.444. The maximum atomic E-state index is 12.9. The number of aryl methyl sites for hydroxylation is 2. The van der Waals surface area contributed by atoms with Crippen molar-refractivity contribution in [3.8, 4) is 0 Å². The molecule has 1 fully saturated rings. The molecule has 0 radical (unpaired) electrons. The summed E-state index contributed by atoms with van der Waals surface area (Å²) in [5.41, 5.74) is 1.32. The van der Waals surface area contributed by atoms with E-state index in [0.717, 1.165) is 17.7 Å². The Morgan fingerprint density at radius 1 is 1.33 bits per heavy atom. The molecule has 6 heteroatoms. The Hall–Kier alpha value is -1.92. The van der Waals surface area contributed by atoms with Crippen molar-refractivity contribution in [3.05, 3.63) is 45.5 Å². The number of fused-ring (bicyclic) bond motifs is 1. The predicted molar refractivity (Wildman–Crippen MR) is 89.6 cm³/mol. The number of thiophene rings is 1. The highest BCUT2D eigenvalue weighted by atomic mass is 32.1. The van der Waals surface area contributed by atoms with E-state index in [-0.39, 0.29) is 24.2 Å². The van der Waals surface area contributed by atoms with Crippen molar-refractivity contribution in [3.63, 3.8) is 0 Å². The lowest BCUT2D eigenvalue weighted by atomic mass is 10.1. The molecule has 2 aliphatic rings. The van der Waals surface area contributed by atoms with E-state index in [1.54, 1.807) is 28.4 Å². The monoisotopic (exact) mass is 345 g/mol. The van der Waals surface area contributed by atoms with Crippen LogP contribution in [0.15, 0.2) is 28.9 Å². The van der Waals surface area contributed by atoms with Crippen LogP contribution in [0.25, 0.3) is 0 Å². The van der Waals surface area contributed by atoms with Crippen molar-refractivity contribution in [1.29, 1.82) is 0 Å². The van der Waals surface area contributed by atoms with Gasteiger partial charge in [-0.05, 0) is 43.0 Å². The van der Waals surface area contributed by atoms with Gasteiger partial charge in [-0.1, -0.05) is 0 Å². The average Bonchev–Trinajstić information content (AvgIpc) is 3.31. The number of carbonyl (C=O) groups is 2. The molecule has 0 saturated carbocycles. The van der Waals surface area contributed by atoms with Crippen LogP contribution < -0.4 is 0 Å². The number of Topliss-reactive ketones (excluding diaryl/α,β-unsaturated/α-hetero) is 1. The fourth-order valence-electron chi connectivity index (χ4n) is 3.42. The molecule has 0 spiro atoms. The number of nitrogens with zero attached hydrogens (tertiary/aromatic N) is 1. The van der Waals surface area contributed by atoms with Crippen LogP contribution in [0.3, 0.4) is 0 Å². The third-order valence-electron chi connectivity index (χ3n) is 4.66. The zero-order chi connectivity index (χ0) is 16.5. The molecule has 0 aromatic carbocycles. The van der Waals surface area contributed by atoms with E-state index in [1.165, 1.54) is 23.1 Å². The Morgan fingerprint density at radius 3 is 3.04 bits per heavy atom. The molecule has 1 aliphatic carbocycles. The smallest absolute Gasteiger partial charge is 0.264 e. The summed E-state index contributed by atoms with van der Waals surface area (Å²) in [5.74, 6) is 0.264. The van der Waals surface area contributed by atoms with Gasteiger partial charge in [-0.2, -0.15) is 0 Å². The Labute approximate surface area is 144 Å². The van der Waals surface area contributed by atoms with E-state index in [4.69, 9.17) is 9.15 Å². The van der Waals surface area contributed by atoms with E-state index in [2.05, 4.69) is 0 Å². The molecule has 24 heavy (non-hydrogen) atoms. The number of rotatable bonds is 4. The van der Waals surface area contributed by atoms with Crippen LogP contribution in [-0.4, -0.2) is 42.4 Å². The van der Waals surface area contributed by atoms with Crippen LogP contribution in [-0.2, 0) is 17.6 Å². The highest BCUT2D eigenvalue weighted by molar-refractivity contribution is 7.14. The van der Waals surface area contributed by atoms with Crippen LogP contribution >= 0.6 is 11.3 Å². The van der Waals surface area contributed by atoms with Gasteiger partial charge in [0.05, 0.1) is 30.4 Å². The third kappa shape index (κ3) is 2.91. The van der Waals surface area contributed by atoms with Crippen molar-refractivity contribution in [2.45, 2.75) is 31.7 Å². The van der Waals surface area contributed by atoms with Crippen LogP contribution in [0.2, 0.25) is 0 Å². The third-order valence-corrected chi connectivity index (χ3v) is 5.89. The second-order valence-corrected chi connectivity index (χ2v) is 7.38. The molecule has 3 heterocycles. The lowest BCUT2D eigenvalue weighted by Gasteiger charge is -2.35. The first-order chi connectivity index (χ1) is 11.7. The summed E-state index contributed by atoms with van der Waals surface area (Å²) in [5, 5.41) is 0. The van der Waals surface area contributed by atoms with Gasteiger partial charge in [-0.25, -0.2) is 0 Å². The minimum atomic E-state index is -0.235. The molecule has 1 aliphatic heterocycles. The number of amides is 1. The topological polar surface area (TPSA) is 59.8 Å². The number of hydrogen-bond donors (Lipinski definition) is 0. The first-order valence-electron chi connectivity index (χ1n) is 8.29. The number of morpholine rings is 1. The van der Waals surface area contributed by atoms with E-state index in [9.17, 15) is 9.59 Å². The Morgan fingerprint density at radius 2 is 2.25 bits per heavy atom. The van der Waals surface area contributed by atoms with Crippen LogP contribution in [0.5, 0.6) is 0 Å². The first-order valence-corrected chi connectivity index (χ1v) is 9.11. The maximum absolute atomic E-state index is 12.9. The average molecular weight is 345 g/mol. The molecular formula is C18H19NO4S. The fourth-order valence-corrected chi connectivity index (χ4v) is 4.63. The molecule has 2 aromatic rings. The van der Waals surface area contributed by atoms with Gasteiger partial charge in [0.1, 0.15) is 0 Å². The molecular weight excluding hydrogens is 326 g/mol. The largest absolute Gasteiger partial charge is 0.461 e. The lowest BCUT2D eigenvalue weighted by molar-refractivity contribution is -0.00278. The zero-order valence-electron chi connectivity index (χ0n) is 13.3. The molecule has 0 N–H and O–H groups in total. The van der Waals surface area contributed by atoms with Gasteiger partial charge in [0.2, 0.25) is 0 Å². The number of furan rings is 1. The second-order valence-electron chi connectivity index (χ2n) is 6.24. The summed E-state index contributed by atoms with van der Waals surface area (Å²) in [6.45, 7) is 1.43. The number of hydrogen-bond acceptors (Lipinski definition) is 5. The van der Waals surface area contributed by atoms with Crippen LogP contribution in [0.1, 0.15) is 43.5 Å². The molecule has 1 unspecified atom stereocenters. The van der Waals surface area contributed by atoms with Crippen molar-refractivity contribution in [1.82, 2.24) is 4.90 Å².